The van der Waals surface area contributed by atoms with E-state index in [9.17, 15) is 9.59 Å². The zero-order valence-corrected chi connectivity index (χ0v) is 22.5. The Morgan fingerprint density at radius 1 is 0.658 bits per heavy atom. The summed E-state index contributed by atoms with van der Waals surface area (Å²) in [5.74, 6) is 1.09. The van der Waals surface area contributed by atoms with E-state index in [1.54, 1.807) is 0 Å². The van der Waals surface area contributed by atoms with Gasteiger partial charge in [0.25, 0.3) is 0 Å². The number of hydrogen-bond acceptors (Lipinski definition) is 4. The van der Waals surface area contributed by atoms with Crippen LogP contribution in [-0.4, -0.2) is 60.9 Å². The molecule has 2 amide bonds. The van der Waals surface area contributed by atoms with Crippen molar-refractivity contribution in [1.82, 2.24) is 9.80 Å². The number of hydrogen-bond donors (Lipinski definition) is 2. The second-order valence-corrected chi connectivity index (χ2v) is 9.90. The summed E-state index contributed by atoms with van der Waals surface area (Å²) in [5.41, 5.74) is 13.1. The SMILES string of the molecule is C.C.CCN(CC)C(=O)[C@@]1(c2ccccc2)C[C@H]1CN.CCN(CC)C(=O)[C@]1(c2ccccc2)C[C@@H]1CN. The average molecular weight is 525 g/mol. The van der Waals surface area contributed by atoms with Gasteiger partial charge < -0.3 is 21.3 Å². The van der Waals surface area contributed by atoms with E-state index in [2.05, 4.69) is 24.3 Å². The second-order valence-electron chi connectivity index (χ2n) is 9.90. The lowest BCUT2D eigenvalue weighted by Gasteiger charge is -2.26. The molecule has 6 nitrogen and oxygen atoms in total. The number of nitrogens with zero attached hydrogens (tertiary/aromatic N) is 2. The molecule has 4 N–H and O–H groups in total. The highest BCUT2D eigenvalue weighted by atomic mass is 16.2. The molecule has 2 aromatic carbocycles. The molecule has 0 saturated heterocycles. The fourth-order valence-electron chi connectivity index (χ4n) is 5.76. The highest BCUT2D eigenvalue weighted by molar-refractivity contribution is 5.92. The minimum Gasteiger partial charge on any atom is -0.342 e. The predicted octanol–water partition coefficient (Wildman–Crippen LogP) is 4.82. The molecule has 0 spiro atoms. The molecule has 0 heterocycles. The number of benzene rings is 2. The van der Waals surface area contributed by atoms with E-state index in [0.717, 1.165) is 50.1 Å². The molecule has 4 atom stereocenters. The standard InChI is InChI=1S/2C15H22N2O.2CH4/c2*1-3-17(4-2)14(18)15(10-13(15)11-16)12-8-6-5-7-9-12;;/h2*5-9,13H,3-4,10-11,16H2,1-2H3;2*1H4/t2*13-,15+;;/m10../s1. The summed E-state index contributed by atoms with van der Waals surface area (Å²) in [6.07, 6.45) is 1.78. The molecule has 0 bridgehead atoms. The Bertz CT molecular complexity index is 910. The van der Waals surface area contributed by atoms with Crippen molar-refractivity contribution in [2.45, 2.75) is 66.2 Å². The molecule has 2 fully saturated rings. The van der Waals surface area contributed by atoms with Crippen molar-refractivity contribution in [1.29, 1.82) is 0 Å². The fourth-order valence-corrected chi connectivity index (χ4v) is 5.76. The maximum absolute atomic E-state index is 12.7. The van der Waals surface area contributed by atoms with Crippen molar-refractivity contribution in [2.75, 3.05) is 39.3 Å². The Morgan fingerprint density at radius 2 is 0.947 bits per heavy atom. The van der Waals surface area contributed by atoms with Gasteiger partial charge in [-0.3, -0.25) is 9.59 Å². The molecule has 4 rings (SSSR count). The zero-order valence-electron chi connectivity index (χ0n) is 22.5. The Labute approximate surface area is 231 Å². The van der Waals surface area contributed by atoms with Gasteiger partial charge in [0, 0.05) is 26.2 Å². The van der Waals surface area contributed by atoms with Crippen LogP contribution in [-0.2, 0) is 20.4 Å². The summed E-state index contributed by atoms with van der Waals surface area (Å²) in [6.45, 7) is 12.3. The Morgan fingerprint density at radius 3 is 1.16 bits per heavy atom. The molecule has 0 unspecified atom stereocenters. The lowest BCUT2D eigenvalue weighted by atomic mass is 9.91. The first kappa shape index (κ1) is 33.3. The van der Waals surface area contributed by atoms with Crippen LogP contribution in [0.2, 0.25) is 0 Å². The van der Waals surface area contributed by atoms with E-state index in [-0.39, 0.29) is 37.5 Å². The highest BCUT2D eigenvalue weighted by Gasteiger charge is 2.61. The van der Waals surface area contributed by atoms with Gasteiger partial charge in [-0.05, 0) is 76.6 Å². The van der Waals surface area contributed by atoms with Crippen LogP contribution < -0.4 is 11.5 Å². The average Bonchev–Trinajstić information content (AvgIpc) is 3.85. The summed E-state index contributed by atoms with van der Waals surface area (Å²) >= 11 is 0. The molecule has 0 aromatic heterocycles. The van der Waals surface area contributed by atoms with Crippen LogP contribution in [0.5, 0.6) is 0 Å². The minimum atomic E-state index is -0.345. The van der Waals surface area contributed by atoms with E-state index >= 15 is 0 Å². The van der Waals surface area contributed by atoms with Gasteiger partial charge in [-0.2, -0.15) is 0 Å². The molecule has 2 aliphatic rings. The summed E-state index contributed by atoms with van der Waals surface area (Å²) in [7, 11) is 0. The molecule has 6 heteroatoms. The monoisotopic (exact) mass is 524 g/mol. The molecule has 38 heavy (non-hydrogen) atoms. The second kappa shape index (κ2) is 14.5. The summed E-state index contributed by atoms with van der Waals surface area (Å²) in [6, 6.07) is 20.2. The van der Waals surface area contributed by atoms with Crippen molar-refractivity contribution in [3.63, 3.8) is 0 Å². The number of nitrogens with two attached hydrogens (primary N) is 2. The minimum absolute atomic E-state index is 0. The largest absolute Gasteiger partial charge is 0.342 e. The molecule has 212 valence electrons. The van der Waals surface area contributed by atoms with E-state index in [4.69, 9.17) is 11.5 Å². The lowest BCUT2D eigenvalue weighted by molar-refractivity contribution is -0.134. The van der Waals surface area contributed by atoms with Gasteiger partial charge in [-0.15, -0.1) is 0 Å². The maximum Gasteiger partial charge on any atom is 0.233 e. The van der Waals surface area contributed by atoms with E-state index < -0.39 is 0 Å². The third-order valence-electron chi connectivity index (χ3n) is 8.22. The van der Waals surface area contributed by atoms with Gasteiger partial charge in [0.1, 0.15) is 0 Å². The van der Waals surface area contributed by atoms with E-state index in [1.165, 1.54) is 0 Å². The van der Waals surface area contributed by atoms with Crippen LogP contribution in [0.1, 0.15) is 66.5 Å². The van der Waals surface area contributed by atoms with Gasteiger partial charge in [0.15, 0.2) is 0 Å². The molecule has 2 aromatic rings. The topological polar surface area (TPSA) is 92.7 Å². The van der Waals surface area contributed by atoms with Crippen molar-refractivity contribution in [2.24, 2.45) is 23.3 Å². The smallest absolute Gasteiger partial charge is 0.233 e. The number of rotatable bonds is 10. The quantitative estimate of drug-likeness (QED) is 0.466. The van der Waals surface area contributed by atoms with Gasteiger partial charge >= 0.3 is 0 Å². The normalized spacial score (nSPS) is 24.5. The molecular formula is C32H52N4O2. The molecular weight excluding hydrogens is 472 g/mol. The predicted molar refractivity (Wildman–Crippen MR) is 160 cm³/mol. The number of carbonyl (C=O) groups excluding carboxylic acids is 2. The van der Waals surface area contributed by atoms with E-state index in [0.29, 0.717) is 24.9 Å². The van der Waals surface area contributed by atoms with Crippen LogP contribution in [0.25, 0.3) is 0 Å². The molecule has 2 aliphatic carbocycles. The number of amides is 2. The van der Waals surface area contributed by atoms with Gasteiger partial charge in [0.05, 0.1) is 10.8 Å². The summed E-state index contributed by atoms with van der Waals surface area (Å²) in [4.78, 5) is 29.3. The van der Waals surface area contributed by atoms with Gasteiger partial charge in [-0.1, -0.05) is 75.5 Å². The van der Waals surface area contributed by atoms with Crippen molar-refractivity contribution >= 4 is 11.8 Å². The van der Waals surface area contributed by atoms with Crippen LogP contribution in [0.3, 0.4) is 0 Å². The first-order chi connectivity index (χ1) is 17.4. The van der Waals surface area contributed by atoms with Crippen LogP contribution >= 0.6 is 0 Å². The molecule has 0 radical (unpaired) electrons. The van der Waals surface area contributed by atoms with Crippen LogP contribution in [0.15, 0.2) is 60.7 Å². The Kier molecular flexibility index (Phi) is 12.7. The number of carbonyl (C=O) groups is 2. The Balaban J connectivity index is 0.000000361. The van der Waals surface area contributed by atoms with Crippen LogP contribution in [0.4, 0.5) is 0 Å². The third-order valence-corrected chi connectivity index (χ3v) is 8.22. The van der Waals surface area contributed by atoms with Gasteiger partial charge in [-0.25, -0.2) is 0 Å². The molecule has 2 saturated carbocycles. The van der Waals surface area contributed by atoms with Crippen molar-refractivity contribution in [3.8, 4) is 0 Å². The Hall–Kier alpha value is -2.70. The van der Waals surface area contributed by atoms with Crippen molar-refractivity contribution in [3.05, 3.63) is 71.8 Å². The maximum atomic E-state index is 12.7. The fraction of sp³-hybridized carbons (Fsp3) is 0.562. The number of likely N-dealkylation sites (N-methyl/N-ethyl adjacent to an activating group) is 2. The summed E-state index contributed by atoms with van der Waals surface area (Å²) in [5, 5.41) is 0. The highest BCUT2D eigenvalue weighted by Crippen LogP contribution is 2.55. The third kappa shape index (κ3) is 6.13. The van der Waals surface area contributed by atoms with Gasteiger partial charge in [0.2, 0.25) is 11.8 Å². The van der Waals surface area contributed by atoms with E-state index in [1.807, 2.05) is 73.9 Å². The van der Waals surface area contributed by atoms with Crippen molar-refractivity contribution < 1.29 is 9.59 Å². The lowest BCUT2D eigenvalue weighted by Crippen LogP contribution is -2.40. The molecule has 0 aliphatic heterocycles. The first-order valence-corrected chi connectivity index (χ1v) is 13.5. The van der Waals surface area contributed by atoms with Crippen LogP contribution in [0, 0.1) is 11.8 Å². The zero-order chi connectivity index (χ0) is 26.3. The summed E-state index contributed by atoms with van der Waals surface area (Å²) < 4.78 is 0. The first-order valence-electron chi connectivity index (χ1n) is 13.5.